The first-order valence-corrected chi connectivity index (χ1v) is 12.3. The molecule has 3 aromatic carbocycles. The number of ketones is 1. The van der Waals surface area contributed by atoms with Crippen LogP contribution in [0.4, 0.5) is 0 Å². The Morgan fingerprint density at radius 1 is 0.655 bits per heavy atom. The predicted molar refractivity (Wildman–Crippen MR) is 124 cm³/mol. The van der Waals surface area contributed by atoms with Crippen LogP contribution in [0.15, 0.2) is 91.0 Å². The van der Waals surface area contributed by atoms with E-state index in [1.807, 2.05) is 0 Å². The van der Waals surface area contributed by atoms with Crippen LogP contribution in [0.3, 0.4) is 0 Å². The maximum absolute atomic E-state index is 13.2. The molecule has 0 atom stereocenters. The highest BCUT2D eigenvalue weighted by molar-refractivity contribution is 7.96. The van der Waals surface area contributed by atoms with Crippen LogP contribution < -0.4 is 32.9 Å². The fraction of sp³-hybridized carbons (Fsp3) is 0.269. The first kappa shape index (κ1) is 23.5. The van der Waals surface area contributed by atoms with Gasteiger partial charge in [-0.05, 0) is 42.8 Å². The van der Waals surface area contributed by atoms with Gasteiger partial charge >= 0.3 is 0 Å². The van der Waals surface area contributed by atoms with Gasteiger partial charge in [0, 0.05) is 6.42 Å². The molecule has 0 aliphatic heterocycles. The molecule has 0 aromatic heterocycles. The third-order valence-electron chi connectivity index (χ3n) is 5.31. The number of carbonyl (C=O) groups is 1. The van der Waals surface area contributed by atoms with Gasteiger partial charge < -0.3 is 17.0 Å². The summed E-state index contributed by atoms with van der Waals surface area (Å²) in [6.45, 7) is 2.21. The van der Waals surface area contributed by atoms with E-state index in [4.69, 9.17) is 0 Å². The summed E-state index contributed by atoms with van der Waals surface area (Å²) in [7, 11) is -2.01. The third kappa shape index (κ3) is 5.87. The quantitative estimate of drug-likeness (QED) is 0.330. The van der Waals surface area contributed by atoms with Gasteiger partial charge in [-0.15, -0.1) is 0 Å². The summed E-state index contributed by atoms with van der Waals surface area (Å²) in [5, 5.41) is 3.86. The SMILES string of the molecule is CCCCCCC(=O)C[P+](c1ccccc1)(c1ccccc1)c1ccccc1.[Br-]. The fourth-order valence-corrected chi connectivity index (χ4v) is 8.03. The zero-order valence-corrected chi connectivity index (χ0v) is 19.6. The molecule has 3 aromatic rings. The smallest absolute Gasteiger partial charge is 0.171 e. The predicted octanol–water partition coefficient (Wildman–Crippen LogP) is 2.52. The molecule has 0 bridgehead atoms. The Morgan fingerprint density at radius 2 is 1.07 bits per heavy atom. The van der Waals surface area contributed by atoms with Gasteiger partial charge in [0.1, 0.15) is 29.3 Å². The van der Waals surface area contributed by atoms with Crippen molar-refractivity contribution in [1.29, 1.82) is 0 Å². The molecule has 0 spiro atoms. The van der Waals surface area contributed by atoms with Gasteiger partial charge in [0.2, 0.25) is 0 Å². The molecule has 152 valence electrons. The Balaban J connectivity index is 0.00000300. The molecule has 0 fully saturated rings. The van der Waals surface area contributed by atoms with E-state index in [9.17, 15) is 4.79 Å². The van der Waals surface area contributed by atoms with E-state index in [2.05, 4.69) is 97.9 Å². The van der Waals surface area contributed by atoms with Crippen molar-refractivity contribution < 1.29 is 21.8 Å². The van der Waals surface area contributed by atoms with E-state index < -0.39 is 7.26 Å². The topological polar surface area (TPSA) is 17.1 Å². The lowest BCUT2D eigenvalue weighted by Crippen LogP contribution is -3.00. The number of Topliss-reactive ketones (excluding diaryl/α,β-unsaturated/α-hetero) is 1. The molecule has 0 saturated heterocycles. The van der Waals surface area contributed by atoms with Crippen molar-refractivity contribution in [2.45, 2.75) is 39.0 Å². The number of hydrogen-bond donors (Lipinski definition) is 0. The minimum Gasteiger partial charge on any atom is -1.00 e. The molecular formula is C26H30BrOP. The molecule has 3 rings (SSSR count). The maximum Gasteiger partial charge on any atom is 0.171 e. The molecule has 0 radical (unpaired) electrons. The molecule has 1 nitrogen and oxygen atoms in total. The summed E-state index contributed by atoms with van der Waals surface area (Å²) in [6.07, 6.45) is 5.86. The molecule has 0 amide bonds. The van der Waals surface area contributed by atoms with Crippen molar-refractivity contribution in [2.24, 2.45) is 0 Å². The van der Waals surface area contributed by atoms with Crippen LogP contribution in [0.2, 0.25) is 0 Å². The molecule has 0 unspecified atom stereocenters. The first-order chi connectivity index (χ1) is 13.8. The van der Waals surface area contributed by atoms with Crippen molar-refractivity contribution in [3.63, 3.8) is 0 Å². The second kappa shape index (κ2) is 12.1. The van der Waals surface area contributed by atoms with Crippen LogP contribution in [0.1, 0.15) is 39.0 Å². The van der Waals surface area contributed by atoms with Crippen LogP contribution in [0.25, 0.3) is 0 Å². The summed E-state index contributed by atoms with van der Waals surface area (Å²) < 4.78 is 0. The standard InChI is InChI=1S/C26H30OP.BrH/c1-2-3-4-8-15-23(27)22-28(24-16-9-5-10-17-24,25-18-11-6-12-19-25)26-20-13-7-14-21-26;/h5-7,9-14,16-21H,2-4,8,15,22H2,1H3;1H/q+1;/p-1. The van der Waals surface area contributed by atoms with Crippen LogP contribution in [0.5, 0.6) is 0 Å². The Morgan fingerprint density at radius 3 is 1.45 bits per heavy atom. The zero-order valence-electron chi connectivity index (χ0n) is 17.1. The molecule has 0 aliphatic carbocycles. The highest BCUT2D eigenvalue weighted by Gasteiger charge is 2.46. The second-order valence-corrected chi connectivity index (χ2v) is 10.8. The van der Waals surface area contributed by atoms with E-state index in [-0.39, 0.29) is 17.0 Å². The normalized spacial score (nSPS) is 10.9. The summed E-state index contributed by atoms with van der Waals surface area (Å²) in [5.74, 6) is 0.390. The summed E-state index contributed by atoms with van der Waals surface area (Å²) in [5.41, 5.74) is 0. The highest BCUT2D eigenvalue weighted by Crippen LogP contribution is 2.55. The highest BCUT2D eigenvalue weighted by atomic mass is 79.9. The lowest BCUT2D eigenvalue weighted by atomic mass is 10.1. The van der Waals surface area contributed by atoms with Crippen molar-refractivity contribution in [1.82, 2.24) is 0 Å². The number of carbonyl (C=O) groups excluding carboxylic acids is 1. The van der Waals surface area contributed by atoms with Gasteiger partial charge in [-0.2, -0.15) is 0 Å². The molecule has 3 heteroatoms. The summed E-state index contributed by atoms with van der Waals surface area (Å²) >= 11 is 0. The number of unbranched alkanes of at least 4 members (excludes halogenated alkanes) is 3. The summed E-state index contributed by atoms with van der Waals surface area (Å²) in [4.78, 5) is 13.2. The minimum atomic E-state index is -2.01. The number of halogens is 1. The molecule has 0 heterocycles. The van der Waals surface area contributed by atoms with Gasteiger partial charge in [0.05, 0.1) is 0 Å². The number of rotatable bonds is 10. The lowest BCUT2D eigenvalue weighted by molar-refractivity contribution is -0.116. The Kier molecular flexibility index (Phi) is 9.78. The Labute approximate surface area is 186 Å². The Bertz CT molecular complexity index is 753. The van der Waals surface area contributed by atoms with Crippen molar-refractivity contribution in [3.8, 4) is 0 Å². The average molecular weight is 469 g/mol. The number of hydrogen-bond acceptors (Lipinski definition) is 1. The summed E-state index contributed by atoms with van der Waals surface area (Å²) in [6, 6.07) is 32.0. The minimum absolute atomic E-state index is 0. The van der Waals surface area contributed by atoms with Gasteiger partial charge in [0.15, 0.2) is 5.78 Å². The molecule has 29 heavy (non-hydrogen) atoms. The van der Waals surface area contributed by atoms with Gasteiger partial charge in [-0.3, -0.25) is 4.79 Å². The van der Waals surface area contributed by atoms with E-state index in [0.717, 1.165) is 12.8 Å². The molecular weight excluding hydrogens is 439 g/mol. The lowest BCUT2D eigenvalue weighted by Gasteiger charge is -2.27. The third-order valence-corrected chi connectivity index (χ3v) is 9.68. The fourth-order valence-electron chi connectivity index (χ4n) is 3.86. The van der Waals surface area contributed by atoms with Crippen LogP contribution in [-0.2, 0) is 4.79 Å². The zero-order chi connectivity index (χ0) is 19.7. The molecule has 0 N–H and O–H groups in total. The van der Waals surface area contributed by atoms with Crippen LogP contribution >= 0.6 is 7.26 Å². The average Bonchev–Trinajstić information content (AvgIpc) is 2.77. The van der Waals surface area contributed by atoms with E-state index in [1.54, 1.807) is 0 Å². The van der Waals surface area contributed by atoms with Gasteiger partial charge in [-0.25, -0.2) is 0 Å². The van der Waals surface area contributed by atoms with Gasteiger partial charge in [-0.1, -0.05) is 80.8 Å². The number of benzene rings is 3. The van der Waals surface area contributed by atoms with Crippen LogP contribution in [-0.4, -0.2) is 11.9 Å². The van der Waals surface area contributed by atoms with Crippen molar-refractivity contribution >= 4 is 29.0 Å². The van der Waals surface area contributed by atoms with E-state index in [0.29, 0.717) is 18.4 Å². The van der Waals surface area contributed by atoms with Crippen molar-refractivity contribution in [3.05, 3.63) is 91.0 Å². The first-order valence-electron chi connectivity index (χ1n) is 10.3. The Hall–Kier alpha value is -1.76. The van der Waals surface area contributed by atoms with Crippen LogP contribution in [0, 0.1) is 0 Å². The van der Waals surface area contributed by atoms with Gasteiger partial charge in [0.25, 0.3) is 0 Å². The van der Waals surface area contributed by atoms with E-state index >= 15 is 0 Å². The molecule has 0 aliphatic rings. The maximum atomic E-state index is 13.2. The largest absolute Gasteiger partial charge is 1.00 e. The monoisotopic (exact) mass is 468 g/mol. The van der Waals surface area contributed by atoms with E-state index in [1.165, 1.54) is 28.8 Å². The molecule has 0 saturated carbocycles. The van der Waals surface area contributed by atoms with Crippen molar-refractivity contribution in [2.75, 3.05) is 6.16 Å². The second-order valence-electron chi connectivity index (χ2n) is 7.32.